The third-order valence-corrected chi connectivity index (χ3v) is 2.22. The maximum absolute atomic E-state index is 10.9. The molecule has 0 aromatic heterocycles. The quantitative estimate of drug-likeness (QED) is 0.295. The lowest BCUT2D eigenvalue weighted by atomic mass is 9.97. The molecule has 0 unspecified atom stereocenters. The van der Waals surface area contributed by atoms with E-state index in [0.29, 0.717) is 0 Å². The summed E-state index contributed by atoms with van der Waals surface area (Å²) >= 11 is 0. The van der Waals surface area contributed by atoms with Crippen molar-refractivity contribution in [2.24, 2.45) is 11.0 Å². The SMILES string of the molecule is C[C@@H]1[C@@H]([C@H](C)N=[N+]=[N-])OC(=O)[C@H]1O. The largest absolute Gasteiger partial charge is 0.460 e. The van der Waals surface area contributed by atoms with E-state index >= 15 is 0 Å². The first kappa shape index (κ1) is 9.83. The Balaban J connectivity index is 2.73. The van der Waals surface area contributed by atoms with Crippen LogP contribution in [-0.4, -0.2) is 29.3 Å². The van der Waals surface area contributed by atoms with Crippen molar-refractivity contribution in [1.82, 2.24) is 0 Å². The molecule has 13 heavy (non-hydrogen) atoms. The molecule has 0 aromatic rings. The van der Waals surface area contributed by atoms with Crippen LogP contribution in [0.25, 0.3) is 10.4 Å². The van der Waals surface area contributed by atoms with Crippen LogP contribution < -0.4 is 0 Å². The van der Waals surface area contributed by atoms with E-state index in [-0.39, 0.29) is 5.92 Å². The second kappa shape index (κ2) is 3.64. The lowest BCUT2D eigenvalue weighted by Crippen LogP contribution is -2.28. The van der Waals surface area contributed by atoms with E-state index in [1.165, 1.54) is 0 Å². The Morgan fingerprint density at radius 1 is 1.77 bits per heavy atom. The molecule has 0 aliphatic carbocycles. The number of aliphatic hydroxyl groups is 1. The first-order valence-electron chi connectivity index (χ1n) is 4.00. The molecule has 1 aliphatic heterocycles. The average Bonchev–Trinajstić information content (AvgIpc) is 2.33. The molecule has 72 valence electrons. The molecule has 0 amide bonds. The van der Waals surface area contributed by atoms with Gasteiger partial charge in [-0.25, -0.2) is 4.79 Å². The second-order valence-electron chi connectivity index (χ2n) is 3.15. The summed E-state index contributed by atoms with van der Waals surface area (Å²) < 4.78 is 4.85. The normalized spacial score (nSPS) is 35.0. The summed E-state index contributed by atoms with van der Waals surface area (Å²) in [5.74, 6) is -0.967. The number of carbonyl (C=O) groups excluding carboxylic acids is 1. The number of carbonyl (C=O) groups is 1. The molecule has 0 radical (unpaired) electrons. The monoisotopic (exact) mass is 185 g/mol. The number of ether oxygens (including phenoxy) is 1. The van der Waals surface area contributed by atoms with E-state index in [1.54, 1.807) is 13.8 Å². The summed E-state index contributed by atoms with van der Waals surface area (Å²) in [5.41, 5.74) is 8.17. The van der Waals surface area contributed by atoms with Crippen LogP contribution in [0.5, 0.6) is 0 Å². The highest BCUT2D eigenvalue weighted by Gasteiger charge is 2.42. The Morgan fingerprint density at radius 3 is 2.77 bits per heavy atom. The summed E-state index contributed by atoms with van der Waals surface area (Å²) in [6.45, 7) is 3.33. The minimum absolute atomic E-state index is 0.326. The number of nitrogens with zero attached hydrogens (tertiary/aromatic N) is 3. The molecule has 6 heteroatoms. The molecule has 0 spiro atoms. The molecule has 1 heterocycles. The van der Waals surface area contributed by atoms with Gasteiger partial charge in [-0.1, -0.05) is 19.0 Å². The lowest BCUT2D eigenvalue weighted by Gasteiger charge is -2.17. The van der Waals surface area contributed by atoms with E-state index in [0.717, 1.165) is 0 Å². The van der Waals surface area contributed by atoms with Crippen LogP contribution in [0.15, 0.2) is 5.11 Å². The van der Waals surface area contributed by atoms with Gasteiger partial charge in [0.2, 0.25) is 0 Å². The minimum Gasteiger partial charge on any atom is -0.460 e. The van der Waals surface area contributed by atoms with E-state index in [9.17, 15) is 9.90 Å². The maximum Gasteiger partial charge on any atom is 0.335 e. The Morgan fingerprint density at radius 2 is 2.38 bits per heavy atom. The number of esters is 1. The summed E-state index contributed by atoms with van der Waals surface area (Å²) in [5, 5.41) is 12.7. The zero-order valence-corrected chi connectivity index (χ0v) is 7.41. The van der Waals surface area contributed by atoms with Crippen LogP contribution >= 0.6 is 0 Å². The fourth-order valence-corrected chi connectivity index (χ4v) is 1.39. The summed E-state index contributed by atoms with van der Waals surface area (Å²) in [6.07, 6.45) is -1.61. The third-order valence-electron chi connectivity index (χ3n) is 2.22. The number of cyclic esters (lactones) is 1. The number of hydrogen-bond acceptors (Lipinski definition) is 4. The van der Waals surface area contributed by atoms with Crippen LogP contribution in [-0.2, 0) is 9.53 Å². The van der Waals surface area contributed by atoms with Gasteiger partial charge in [-0.2, -0.15) is 0 Å². The van der Waals surface area contributed by atoms with Crippen molar-refractivity contribution in [3.05, 3.63) is 10.4 Å². The van der Waals surface area contributed by atoms with Gasteiger partial charge in [0.05, 0.1) is 6.04 Å². The van der Waals surface area contributed by atoms with Gasteiger partial charge in [-0.3, -0.25) is 0 Å². The van der Waals surface area contributed by atoms with Gasteiger partial charge in [0.25, 0.3) is 0 Å². The molecule has 0 saturated carbocycles. The van der Waals surface area contributed by atoms with Gasteiger partial charge in [-0.15, -0.1) is 0 Å². The smallest absolute Gasteiger partial charge is 0.335 e. The summed E-state index contributed by atoms with van der Waals surface area (Å²) in [4.78, 5) is 13.5. The number of azide groups is 1. The fourth-order valence-electron chi connectivity index (χ4n) is 1.39. The second-order valence-corrected chi connectivity index (χ2v) is 3.15. The standard InChI is InChI=1S/C7H11N3O3/c1-3-5(11)7(12)13-6(3)4(2)9-10-8/h3-6,11H,1-2H3/t3-,4-,5-,6-/m0/s1. The van der Waals surface area contributed by atoms with Crippen molar-refractivity contribution in [1.29, 1.82) is 0 Å². The molecular weight excluding hydrogens is 174 g/mol. The van der Waals surface area contributed by atoms with Crippen molar-refractivity contribution >= 4 is 5.97 Å². The number of aliphatic hydroxyl groups excluding tert-OH is 1. The van der Waals surface area contributed by atoms with Gasteiger partial charge in [0.15, 0.2) is 6.10 Å². The predicted molar refractivity (Wildman–Crippen MR) is 43.7 cm³/mol. The molecule has 1 saturated heterocycles. The van der Waals surface area contributed by atoms with E-state index in [2.05, 4.69) is 10.0 Å². The third kappa shape index (κ3) is 1.74. The number of hydrogen-bond donors (Lipinski definition) is 1. The van der Waals surface area contributed by atoms with E-state index in [4.69, 9.17) is 10.3 Å². The molecule has 6 nitrogen and oxygen atoms in total. The van der Waals surface area contributed by atoms with Crippen molar-refractivity contribution in [2.75, 3.05) is 0 Å². The highest BCUT2D eigenvalue weighted by Crippen LogP contribution is 2.25. The fraction of sp³-hybridized carbons (Fsp3) is 0.857. The molecule has 0 bridgehead atoms. The minimum atomic E-state index is -1.10. The van der Waals surface area contributed by atoms with Crippen molar-refractivity contribution in [2.45, 2.75) is 32.1 Å². The van der Waals surface area contributed by atoms with Crippen LogP contribution in [0.1, 0.15) is 13.8 Å². The predicted octanol–water partition coefficient (Wildman–Crippen LogP) is 0.608. The van der Waals surface area contributed by atoms with Crippen LogP contribution in [0.4, 0.5) is 0 Å². The molecule has 1 fully saturated rings. The van der Waals surface area contributed by atoms with Crippen molar-refractivity contribution in [3.63, 3.8) is 0 Å². The Kier molecular flexibility index (Phi) is 2.75. The van der Waals surface area contributed by atoms with Crippen LogP contribution in [0.3, 0.4) is 0 Å². The van der Waals surface area contributed by atoms with Crippen molar-refractivity contribution in [3.8, 4) is 0 Å². The van der Waals surface area contributed by atoms with E-state index < -0.39 is 24.2 Å². The first-order chi connectivity index (χ1) is 6.07. The zero-order chi connectivity index (χ0) is 10.0. The highest BCUT2D eigenvalue weighted by molar-refractivity contribution is 5.77. The van der Waals surface area contributed by atoms with Gasteiger partial charge in [0, 0.05) is 10.8 Å². The zero-order valence-electron chi connectivity index (χ0n) is 7.41. The first-order valence-corrected chi connectivity index (χ1v) is 4.00. The molecule has 1 N–H and O–H groups in total. The molecule has 0 aromatic carbocycles. The Labute approximate surface area is 75.1 Å². The van der Waals surface area contributed by atoms with Gasteiger partial charge >= 0.3 is 5.97 Å². The van der Waals surface area contributed by atoms with Gasteiger partial charge < -0.3 is 9.84 Å². The topological polar surface area (TPSA) is 95.3 Å². The lowest BCUT2D eigenvalue weighted by molar-refractivity contribution is -0.147. The summed E-state index contributed by atoms with van der Waals surface area (Å²) in [7, 11) is 0. The van der Waals surface area contributed by atoms with Crippen molar-refractivity contribution < 1.29 is 14.6 Å². The van der Waals surface area contributed by atoms with Gasteiger partial charge in [0.1, 0.15) is 6.10 Å². The molecule has 4 atom stereocenters. The number of rotatable bonds is 2. The average molecular weight is 185 g/mol. The molecular formula is C7H11N3O3. The Bertz CT molecular complexity index is 262. The van der Waals surface area contributed by atoms with Crippen LogP contribution in [0.2, 0.25) is 0 Å². The van der Waals surface area contributed by atoms with Gasteiger partial charge in [-0.05, 0) is 5.53 Å². The molecule has 1 aliphatic rings. The maximum atomic E-state index is 10.9. The van der Waals surface area contributed by atoms with E-state index in [1.807, 2.05) is 0 Å². The Hall–Kier alpha value is -1.26. The van der Waals surface area contributed by atoms with Crippen LogP contribution in [0, 0.1) is 5.92 Å². The summed E-state index contributed by atoms with van der Waals surface area (Å²) in [6, 6.07) is -0.443. The highest BCUT2D eigenvalue weighted by atomic mass is 16.6. The molecule has 1 rings (SSSR count).